The minimum Gasteiger partial charge on any atom is -0.389 e. The molecule has 0 heterocycles. The lowest BCUT2D eigenvalue weighted by Gasteiger charge is -2.35. The second-order valence-corrected chi connectivity index (χ2v) is 6.29. The number of nitrogens with two attached hydrogens (primary N) is 1. The molecule has 1 fully saturated rings. The Labute approximate surface area is 113 Å². The summed E-state index contributed by atoms with van der Waals surface area (Å²) < 4.78 is 0. The van der Waals surface area contributed by atoms with Crippen molar-refractivity contribution in [2.45, 2.75) is 70.4 Å². The number of aliphatic hydroxyl groups is 1. The molecule has 1 aliphatic carbocycles. The van der Waals surface area contributed by atoms with Crippen LogP contribution in [0.5, 0.6) is 0 Å². The van der Waals surface area contributed by atoms with Crippen LogP contribution in [0.1, 0.15) is 58.8 Å². The Morgan fingerprint density at radius 1 is 1.39 bits per heavy atom. The fourth-order valence-corrected chi connectivity index (χ4v) is 3.07. The van der Waals surface area contributed by atoms with E-state index in [1.807, 2.05) is 6.92 Å². The van der Waals surface area contributed by atoms with Gasteiger partial charge in [0.15, 0.2) is 0 Å². The van der Waals surface area contributed by atoms with Gasteiger partial charge in [-0.15, -0.1) is 0 Å². The van der Waals surface area contributed by atoms with E-state index in [1.54, 1.807) is 0 Å². The molecule has 1 saturated carbocycles. The van der Waals surface area contributed by atoms with Gasteiger partial charge in [-0.05, 0) is 51.6 Å². The van der Waals surface area contributed by atoms with Gasteiger partial charge in [0.05, 0.1) is 5.60 Å². The van der Waals surface area contributed by atoms with Crippen molar-refractivity contribution in [1.29, 1.82) is 0 Å². The topological polar surface area (TPSA) is 49.5 Å². The van der Waals surface area contributed by atoms with Gasteiger partial charge in [-0.3, -0.25) is 0 Å². The Bertz CT molecular complexity index is 229. The molecule has 3 N–H and O–H groups in total. The van der Waals surface area contributed by atoms with Crippen molar-refractivity contribution in [2.24, 2.45) is 11.7 Å². The summed E-state index contributed by atoms with van der Waals surface area (Å²) in [5, 5.41) is 10.2. The van der Waals surface area contributed by atoms with E-state index < -0.39 is 5.60 Å². The van der Waals surface area contributed by atoms with E-state index in [4.69, 9.17) is 5.73 Å². The highest BCUT2D eigenvalue weighted by molar-refractivity contribution is 4.80. The van der Waals surface area contributed by atoms with Gasteiger partial charge in [-0.2, -0.15) is 0 Å². The van der Waals surface area contributed by atoms with Gasteiger partial charge in [-0.1, -0.05) is 26.7 Å². The number of nitrogens with zero attached hydrogens (tertiary/aromatic N) is 1. The quantitative estimate of drug-likeness (QED) is 0.735. The zero-order valence-electron chi connectivity index (χ0n) is 12.5. The van der Waals surface area contributed by atoms with Crippen LogP contribution >= 0.6 is 0 Å². The predicted molar refractivity (Wildman–Crippen MR) is 77.6 cm³/mol. The predicted octanol–water partition coefficient (Wildman–Crippen LogP) is 2.38. The fourth-order valence-electron chi connectivity index (χ4n) is 3.07. The number of hydrogen-bond acceptors (Lipinski definition) is 3. The first-order valence-electron chi connectivity index (χ1n) is 7.63. The van der Waals surface area contributed by atoms with Crippen molar-refractivity contribution in [3.8, 4) is 0 Å². The second-order valence-electron chi connectivity index (χ2n) is 6.29. The van der Waals surface area contributed by atoms with Crippen LogP contribution in [0.15, 0.2) is 0 Å². The standard InChI is InChI=1S/C15H32N2O/c1-4-15(18,12-16)9-6-10-17(3)14-8-5-7-13(2)11-14/h13-14,18H,4-12,16H2,1-3H3. The summed E-state index contributed by atoms with van der Waals surface area (Å²) in [6, 6.07) is 0.751. The molecular weight excluding hydrogens is 224 g/mol. The molecule has 18 heavy (non-hydrogen) atoms. The molecule has 1 aliphatic rings. The van der Waals surface area contributed by atoms with Crippen molar-refractivity contribution >= 4 is 0 Å². The van der Waals surface area contributed by atoms with Crippen LogP contribution in [0.2, 0.25) is 0 Å². The van der Waals surface area contributed by atoms with Gasteiger partial charge in [0.25, 0.3) is 0 Å². The molecule has 0 amide bonds. The Hall–Kier alpha value is -0.120. The molecule has 108 valence electrons. The van der Waals surface area contributed by atoms with Gasteiger partial charge in [0.2, 0.25) is 0 Å². The van der Waals surface area contributed by atoms with Crippen LogP contribution in [0, 0.1) is 5.92 Å². The average Bonchev–Trinajstić information content (AvgIpc) is 2.38. The van der Waals surface area contributed by atoms with Crippen LogP contribution in [0.4, 0.5) is 0 Å². The third-order valence-electron chi connectivity index (χ3n) is 4.72. The van der Waals surface area contributed by atoms with Crippen molar-refractivity contribution < 1.29 is 5.11 Å². The second kappa shape index (κ2) is 7.46. The fraction of sp³-hybridized carbons (Fsp3) is 1.00. The largest absolute Gasteiger partial charge is 0.389 e. The lowest BCUT2D eigenvalue weighted by atomic mass is 9.86. The maximum atomic E-state index is 10.2. The molecule has 0 aromatic heterocycles. The van der Waals surface area contributed by atoms with Crippen LogP contribution in [0.3, 0.4) is 0 Å². The highest BCUT2D eigenvalue weighted by Crippen LogP contribution is 2.27. The van der Waals surface area contributed by atoms with Gasteiger partial charge in [0, 0.05) is 12.6 Å². The molecule has 1 rings (SSSR count). The van der Waals surface area contributed by atoms with Crippen LogP contribution in [-0.2, 0) is 0 Å². The monoisotopic (exact) mass is 256 g/mol. The molecule has 3 atom stereocenters. The molecule has 3 nitrogen and oxygen atoms in total. The highest BCUT2D eigenvalue weighted by Gasteiger charge is 2.24. The summed E-state index contributed by atoms with van der Waals surface area (Å²) in [4.78, 5) is 2.49. The van der Waals surface area contributed by atoms with Crippen molar-refractivity contribution in [1.82, 2.24) is 4.90 Å². The smallest absolute Gasteiger partial charge is 0.0767 e. The summed E-state index contributed by atoms with van der Waals surface area (Å²) in [6.45, 7) is 5.84. The van der Waals surface area contributed by atoms with Crippen molar-refractivity contribution in [3.05, 3.63) is 0 Å². The normalized spacial score (nSPS) is 28.3. The van der Waals surface area contributed by atoms with E-state index in [1.165, 1.54) is 25.7 Å². The average molecular weight is 256 g/mol. The first kappa shape index (κ1) is 15.9. The number of hydrogen-bond donors (Lipinski definition) is 2. The third kappa shape index (κ3) is 4.87. The van der Waals surface area contributed by atoms with Gasteiger partial charge in [0.1, 0.15) is 0 Å². The molecule has 0 spiro atoms. The zero-order valence-corrected chi connectivity index (χ0v) is 12.5. The molecule has 0 aromatic rings. The summed E-state index contributed by atoms with van der Waals surface area (Å²) >= 11 is 0. The van der Waals surface area contributed by atoms with Gasteiger partial charge >= 0.3 is 0 Å². The SMILES string of the molecule is CCC(O)(CN)CCCN(C)C1CCCC(C)C1. The van der Waals surface area contributed by atoms with Crippen molar-refractivity contribution in [3.63, 3.8) is 0 Å². The van der Waals surface area contributed by atoms with E-state index in [2.05, 4.69) is 18.9 Å². The van der Waals surface area contributed by atoms with Crippen LogP contribution in [-0.4, -0.2) is 41.8 Å². The first-order chi connectivity index (χ1) is 8.50. The third-order valence-corrected chi connectivity index (χ3v) is 4.72. The molecule has 0 bridgehead atoms. The van der Waals surface area contributed by atoms with E-state index in [-0.39, 0.29) is 0 Å². The molecule has 0 aromatic carbocycles. The Morgan fingerprint density at radius 2 is 2.11 bits per heavy atom. The maximum Gasteiger partial charge on any atom is 0.0767 e. The molecule has 3 unspecified atom stereocenters. The minimum absolute atomic E-state index is 0.383. The Balaban J connectivity index is 2.26. The molecule has 0 aliphatic heterocycles. The van der Waals surface area contributed by atoms with Crippen molar-refractivity contribution in [2.75, 3.05) is 20.1 Å². The maximum absolute atomic E-state index is 10.2. The van der Waals surface area contributed by atoms with E-state index in [0.717, 1.165) is 37.8 Å². The molecule has 0 radical (unpaired) electrons. The Morgan fingerprint density at radius 3 is 2.67 bits per heavy atom. The summed E-state index contributed by atoms with van der Waals surface area (Å²) in [5.74, 6) is 0.878. The Kier molecular flexibility index (Phi) is 6.61. The first-order valence-corrected chi connectivity index (χ1v) is 7.63. The molecule has 3 heteroatoms. The summed E-state index contributed by atoms with van der Waals surface area (Å²) in [6.07, 6.45) is 8.08. The van der Waals surface area contributed by atoms with E-state index in [0.29, 0.717) is 6.54 Å². The minimum atomic E-state index is -0.638. The molecule has 0 saturated heterocycles. The lowest BCUT2D eigenvalue weighted by Crippen LogP contribution is -2.39. The lowest BCUT2D eigenvalue weighted by molar-refractivity contribution is 0.0301. The van der Waals surface area contributed by atoms with Crippen LogP contribution in [0.25, 0.3) is 0 Å². The van der Waals surface area contributed by atoms with E-state index in [9.17, 15) is 5.11 Å². The summed E-state index contributed by atoms with van der Waals surface area (Å²) in [5.41, 5.74) is 4.99. The number of rotatable bonds is 7. The highest BCUT2D eigenvalue weighted by atomic mass is 16.3. The molecular formula is C15H32N2O. The summed E-state index contributed by atoms with van der Waals surface area (Å²) in [7, 11) is 2.23. The van der Waals surface area contributed by atoms with Crippen LogP contribution < -0.4 is 5.73 Å². The van der Waals surface area contributed by atoms with Gasteiger partial charge < -0.3 is 15.7 Å². The zero-order chi connectivity index (χ0) is 13.6. The van der Waals surface area contributed by atoms with Gasteiger partial charge in [-0.25, -0.2) is 0 Å². The van der Waals surface area contributed by atoms with E-state index >= 15 is 0 Å².